The van der Waals surface area contributed by atoms with Crippen LogP contribution in [0.3, 0.4) is 0 Å². The molecule has 2 rings (SSSR count). The molecule has 0 saturated carbocycles. The summed E-state index contributed by atoms with van der Waals surface area (Å²) in [5.41, 5.74) is 0.341. The van der Waals surface area contributed by atoms with Crippen LogP contribution in [-0.4, -0.2) is 76.1 Å². The first-order chi connectivity index (χ1) is 13.8. The number of hydrogen-bond acceptors (Lipinski definition) is 6. The minimum Gasteiger partial charge on any atom is -0.473 e. The van der Waals surface area contributed by atoms with Crippen molar-refractivity contribution < 1.29 is 33.0 Å². The first kappa shape index (κ1) is 25.5. The first-order valence-electron chi connectivity index (χ1n) is 9.47. The molecule has 0 radical (unpaired) electrons. The number of carboxylic acid groups (broad SMARTS) is 2. The summed E-state index contributed by atoms with van der Waals surface area (Å²) in [4.78, 5) is 36.6. The van der Waals surface area contributed by atoms with Crippen LogP contribution in [0.5, 0.6) is 0 Å². The van der Waals surface area contributed by atoms with Gasteiger partial charge in [-0.05, 0) is 24.5 Å². The summed E-state index contributed by atoms with van der Waals surface area (Å²) < 4.78 is 26.4. The van der Waals surface area contributed by atoms with Crippen molar-refractivity contribution in [2.24, 2.45) is 5.41 Å². The number of amides is 1. The lowest BCUT2D eigenvalue weighted by molar-refractivity contribution is -0.159. The molecule has 1 aromatic heterocycles. The van der Waals surface area contributed by atoms with Crippen molar-refractivity contribution in [2.75, 3.05) is 25.4 Å². The maximum atomic E-state index is 12.7. The average molecular weight is 444 g/mol. The van der Waals surface area contributed by atoms with Gasteiger partial charge < -0.3 is 15.1 Å². The largest absolute Gasteiger partial charge is 0.473 e. The predicted octanol–water partition coefficient (Wildman–Crippen LogP) is 1.04. The topological polar surface area (TPSA) is 145 Å². The summed E-state index contributed by atoms with van der Waals surface area (Å²) in [7, 11) is -3.30. The number of carboxylic acids is 2. The van der Waals surface area contributed by atoms with E-state index in [4.69, 9.17) is 19.8 Å². The molecule has 168 valence electrons. The Bertz CT molecular complexity index is 817. The lowest BCUT2D eigenvalue weighted by Crippen LogP contribution is -2.43. The van der Waals surface area contributed by atoms with Gasteiger partial charge in [-0.3, -0.25) is 9.78 Å². The quantitative estimate of drug-likeness (QED) is 0.620. The Labute approximate surface area is 176 Å². The molecule has 1 fully saturated rings. The second-order valence-corrected chi connectivity index (χ2v) is 9.96. The average Bonchev–Trinajstić information content (AvgIpc) is 3.21. The number of aromatic nitrogens is 1. The van der Waals surface area contributed by atoms with Crippen LogP contribution in [0.1, 0.15) is 39.2 Å². The highest BCUT2D eigenvalue weighted by Crippen LogP contribution is 2.20. The summed E-state index contributed by atoms with van der Waals surface area (Å²) in [6.45, 7) is 7.31. The van der Waals surface area contributed by atoms with E-state index in [1.165, 1.54) is 4.31 Å². The smallest absolute Gasteiger partial charge is 0.414 e. The Morgan fingerprint density at radius 2 is 1.70 bits per heavy atom. The van der Waals surface area contributed by atoms with Crippen LogP contribution in [0.2, 0.25) is 0 Å². The summed E-state index contributed by atoms with van der Waals surface area (Å²) >= 11 is 0. The van der Waals surface area contributed by atoms with Gasteiger partial charge >= 0.3 is 11.9 Å². The minimum absolute atomic E-state index is 0.0327. The van der Waals surface area contributed by atoms with Gasteiger partial charge in [-0.15, -0.1) is 0 Å². The molecule has 1 aliphatic rings. The van der Waals surface area contributed by atoms with E-state index in [2.05, 4.69) is 4.98 Å². The predicted molar refractivity (Wildman–Crippen MR) is 109 cm³/mol. The highest BCUT2D eigenvalue weighted by Gasteiger charge is 2.30. The van der Waals surface area contributed by atoms with Gasteiger partial charge in [-0.25, -0.2) is 22.3 Å². The van der Waals surface area contributed by atoms with Crippen LogP contribution in [0.15, 0.2) is 24.5 Å². The van der Waals surface area contributed by atoms with Gasteiger partial charge in [0.05, 0.1) is 5.75 Å². The van der Waals surface area contributed by atoms with Crippen LogP contribution in [0.4, 0.5) is 0 Å². The lowest BCUT2D eigenvalue weighted by Gasteiger charge is -2.30. The van der Waals surface area contributed by atoms with Crippen molar-refractivity contribution in [3.8, 4) is 0 Å². The SMILES string of the molecule is CC(C)(C)C(=O)N(CCS(=O)(=O)N1CCCC1)Cc1cccnc1.O=C(O)C(=O)O. The van der Waals surface area contributed by atoms with Gasteiger partial charge in [0.25, 0.3) is 0 Å². The number of rotatable bonds is 6. The van der Waals surface area contributed by atoms with Crippen LogP contribution in [0, 0.1) is 5.41 Å². The molecule has 11 heteroatoms. The Morgan fingerprint density at radius 1 is 1.13 bits per heavy atom. The third kappa shape index (κ3) is 8.46. The van der Waals surface area contributed by atoms with Crippen molar-refractivity contribution in [1.82, 2.24) is 14.2 Å². The van der Waals surface area contributed by atoms with E-state index in [9.17, 15) is 13.2 Å². The second-order valence-electron chi connectivity index (χ2n) is 7.87. The van der Waals surface area contributed by atoms with E-state index in [1.807, 2.05) is 32.9 Å². The molecule has 1 aliphatic heterocycles. The number of pyridine rings is 1. The molecule has 0 aliphatic carbocycles. The van der Waals surface area contributed by atoms with Gasteiger partial charge in [0.15, 0.2) is 0 Å². The van der Waals surface area contributed by atoms with Crippen molar-refractivity contribution in [3.05, 3.63) is 30.1 Å². The Kier molecular flexibility index (Phi) is 9.37. The zero-order valence-corrected chi connectivity index (χ0v) is 18.3. The van der Waals surface area contributed by atoms with Gasteiger partial charge in [-0.1, -0.05) is 26.8 Å². The Morgan fingerprint density at radius 3 is 2.13 bits per heavy atom. The highest BCUT2D eigenvalue weighted by atomic mass is 32.2. The fourth-order valence-corrected chi connectivity index (χ4v) is 4.28. The molecule has 1 amide bonds. The van der Waals surface area contributed by atoms with Gasteiger partial charge in [-0.2, -0.15) is 0 Å². The number of sulfonamides is 1. The van der Waals surface area contributed by atoms with E-state index in [0.717, 1.165) is 18.4 Å². The molecule has 10 nitrogen and oxygen atoms in total. The van der Waals surface area contributed by atoms with Gasteiger partial charge in [0.2, 0.25) is 15.9 Å². The van der Waals surface area contributed by atoms with Crippen molar-refractivity contribution in [3.63, 3.8) is 0 Å². The third-order valence-corrected chi connectivity index (χ3v) is 6.14. The molecule has 0 atom stereocenters. The highest BCUT2D eigenvalue weighted by molar-refractivity contribution is 7.89. The van der Waals surface area contributed by atoms with Gasteiger partial charge in [0, 0.05) is 44.0 Å². The molecule has 0 unspecified atom stereocenters. The molecular weight excluding hydrogens is 414 g/mol. The number of carbonyl (C=O) groups is 3. The monoisotopic (exact) mass is 443 g/mol. The Balaban J connectivity index is 0.000000656. The summed E-state index contributed by atoms with van der Waals surface area (Å²) in [5.74, 6) is -3.73. The van der Waals surface area contributed by atoms with Crippen LogP contribution in [-0.2, 0) is 31.0 Å². The summed E-state index contributed by atoms with van der Waals surface area (Å²) in [6.07, 6.45) is 5.22. The van der Waals surface area contributed by atoms with Crippen molar-refractivity contribution >= 4 is 27.9 Å². The maximum Gasteiger partial charge on any atom is 0.414 e. The first-order valence-corrected chi connectivity index (χ1v) is 11.1. The van der Waals surface area contributed by atoms with Crippen LogP contribution in [0.25, 0.3) is 0 Å². The molecule has 0 bridgehead atoms. The van der Waals surface area contributed by atoms with Crippen LogP contribution < -0.4 is 0 Å². The number of aliphatic carboxylic acids is 2. The second kappa shape index (κ2) is 11.0. The zero-order valence-electron chi connectivity index (χ0n) is 17.4. The molecule has 1 saturated heterocycles. The summed E-state index contributed by atoms with van der Waals surface area (Å²) in [5, 5.41) is 14.8. The number of hydrogen-bond donors (Lipinski definition) is 2. The lowest BCUT2D eigenvalue weighted by atomic mass is 9.94. The van der Waals surface area contributed by atoms with Gasteiger partial charge in [0.1, 0.15) is 0 Å². The summed E-state index contributed by atoms with van der Waals surface area (Å²) in [6, 6.07) is 3.71. The van der Waals surface area contributed by atoms with Crippen molar-refractivity contribution in [2.45, 2.75) is 40.2 Å². The fraction of sp³-hybridized carbons (Fsp3) is 0.579. The van der Waals surface area contributed by atoms with E-state index in [0.29, 0.717) is 19.6 Å². The molecule has 2 heterocycles. The van der Waals surface area contributed by atoms with E-state index < -0.39 is 27.4 Å². The third-order valence-electron chi connectivity index (χ3n) is 4.29. The van der Waals surface area contributed by atoms with Crippen LogP contribution >= 0.6 is 0 Å². The molecule has 30 heavy (non-hydrogen) atoms. The standard InChI is InChI=1S/C17H27N3O3S.C2H2O4/c1-17(2,3)16(21)19(14-15-7-6-8-18-13-15)11-12-24(22,23)20-9-4-5-10-20;3-1(4)2(5)6/h6-8,13H,4-5,9-12,14H2,1-3H3;(H,3,4)(H,5,6). The molecular formula is C19H29N3O7S. The molecule has 0 spiro atoms. The normalized spacial score (nSPS) is 14.5. The zero-order chi connectivity index (χ0) is 22.9. The van der Waals surface area contributed by atoms with Crippen molar-refractivity contribution in [1.29, 1.82) is 0 Å². The van der Waals surface area contributed by atoms with E-state index in [-0.39, 0.29) is 18.2 Å². The molecule has 1 aromatic rings. The van der Waals surface area contributed by atoms with E-state index >= 15 is 0 Å². The number of nitrogens with zero attached hydrogens (tertiary/aromatic N) is 3. The minimum atomic E-state index is -3.30. The maximum absolute atomic E-state index is 12.7. The Hall–Kier alpha value is -2.53. The fourth-order valence-electron chi connectivity index (χ4n) is 2.76. The molecule has 0 aromatic carbocycles. The molecule has 2 N–H and O–H groups in total. The number of carbonyl (C=O) groups excluding carboxylic acids is 1. The van der Waals surface area contributed by atoms with E-state index in [1.54, 1.807) is 17.3 Å².